The number of ether oxygens (including phenoxy) is 1. The van der Waals surface area contributed by atoms with Gasteiger partial charge in [0.05, 0.1) is 16.7 Å². The molecule has 0 fully saturated rings. The van der Waals surface area contributed by atoms with Crippen LogP contribution in [0.3, 0.4) is 0 Å². The molecule has 1 atom stereocenters. The molecular weight excluding hydrogens is 420 g/mol. The maximum Gasteiger partial charge on any atom is 0.335 e. The summed E-state index contributed by atoms with van der Waals surface area (Å²) in [5.41, 5.74) is 3.34. The third-order valence-electron chi connectivity index (χ3n) is 4.31. The number of carboxylic acids is 2. The zero-order valence-electron chi connectivity index (χ0n) is 17.5. The molecule has 0 aromatic heterocycles. The van der Waals surface area contributed by atoms with Gasteiger partial charge in [-0.05, 0) is 30.3 Å². The van der Waals surface area contributed by atoms with Crippen LogP contribution in [0, 0.1) is 5.41 Å². The molecule has 0 aliphatic heterocycles. The van der Waals surface area contributed by atoms with Crippen molar-refractivity contribution in [2.24, 2.45) is 11.1 Å². The fraction of sp³-hybridized carbons (Fsp3) is 0.227. The second kappa shape index (κ2) is 9.29. The SMILES string of the molecule is CC(C)(C)C(=O)C(Oc1ccccc1C(N)=O)C(=O)Nc1cc(C(=O)O)cc(C(=O)O)c1. The Morgan fingerprint density at radius 1 is 0.938 bits per heavy atom. The smallest absolute Gasteiger partial charge is 0.335 e. The van der Waals surface area contributed by atoms with E-state index in [1.807, 2.05) is 0 Å². The Balaban J connectivity index is 2.47. The van der Waals surface area contributed by atoms with Gasteiger partial charge in [0, 0.05) is 11.1 Å². The number of aromatic carboxylic acids is 2. The second-order valence-corrected chi connectivity index (χ2v) is 7.87. The van der Waals surface area contributed by atoms with Gasteiger partial charge in [-0.1, -0.05) is 32.9 Å². The van der Waals surface area contributed by atoms with Gasteiger partial charge in [-0.25, -0.2) is 9.59 Å². The first-order valence-corrected chi connectivity index (χ1v) is 9.33. The molecule has 2 aromatic carbocycles. The van der Waals surface area contributed by atoms with Crippen molar-refractivity contribution in [3.63, 3.8) is 0 Å². The van der Waals surface area contributed by atoms with Crippen molar-refractivity contribution in [1.82, 2.24) is 0 Å². The Hall–Kier alpha value is -4.21. The normalized spacial score (nSPS) is 11.8. The molecule has 0 saturated carbocycles. The van der Waals surface area contributed by atoms with Crippen LogP contribution in [0.5, 0.6) is 5.75 Å². The number of nitrogens with one attached hydrogen (secondary N) is 1. The summed E-state index contributed by atoms with van der Waals surface area (Å²) in [6.45, 7) is 4.69. The van der Waals surface area contributed by atoms with Gasteiger partial charge in [0.25, 0.3) is 11.8 Å². The van der Waals surface area contributed by atoms with E-state index in [2.05, 4.69) is 5.32 Å². The zero-order chi connectivity index (χ0) is 24.2. The van der Waals surface area contributed by atoms with Gasteiger partial charge >= 0.3 is 11.9 Å². The van der Waals surface area contributed by atoms with Gasteiger partial charge in [0.15, 0.2) is 5.78 Å². The highest BCUT2D eigenvalue weighted by Gasteiger charge is 2.37. The largest absolute Gasteiger partial charge is 0.478 e. The number of hydrogen-bond acceptors (Lipinski definition) is 6. The van der Waals surface area contributed by atoms with E-state index in [1.54, 1.807) is 20.8 Å². The molecule has 0 saturated heterocycles. The van der Waals surface area contributed by atoms with E-state index in [-0.39, 0.29) is 28.1 Å². The van der Waals surface area contributed by atoms with Crippen molar-refractivity contribution in [3.8, 4) is 5.75 Å². The minimum atomic E-state index is -1.74. The molecule has 1 unspecified atom stereocenters. The van der Waals surface area contributed by atoms with Crippen LogP contribution in [-0.2, 0) is 9.59 Å². The van der Waals surface area contributed by atoms with E-state index < -0.39 is 41.1 Å². The molecule has 5 N–H and O–H groups in total. The number of benzene rings is 2. The summed E-state index contributed by atoms with van der Waals surface area (Å²) in [7, 11) is 0. The van der Waals surface area contributed by atoms with Crippen molar-refractivity contribution >= 4 is 35.2 Å². The molecule has 0 aliphatic carbocycles. The molecule has 10 heteroatoms. The first-order chi connectivity index (χ1) is 14.8. The van der Waals surface area contributed by atoms with Crippen molar-refractivity contribution < 1.29 is 38.9 Å². The Morgan fingerprint density at radius 3 is 1.94 bits per heavy atom. The molecule has 0 heterocycles. The Labute approximate surface area is 183 Å². The molecule has 0 radical (unpaired) electrons. The standard InChI is InChI=1S/C22H22N2O8/c1-22(2,3)17(25)16(32-15-7-5-4-6-14(15)18(23)26)19(27)24-13-9-11(20(28)29)8-12(10-13)21(30)31/h4-10,16H,1-3H3,(H2,23,26)(H,24,27)(H,28,29)(H,30,31). The fourth-order valence-electron chi connectivity index (χ4n) is 2.67. The highest BCUT2D eigenvalue weighted by atomic mass is 16.5. The number of amides is 2. The number of ketones is 1. The number of para-hydroxylation sites is 1. The number of anilines is 1. The van der Waals surface area contributed by atoms with Crippen LogP contribution in [-0.4, -0.2) is 45.9 Å². The average molecular weight is 442 g/mol. The number of hydrogen-bond donors (Lipinski definition) is 4. The van der Waals surface area contributed by atoms with E-state index in [4.69, 9.17) is 10.5 Å². The number of carbonyl (C=O) groups is 5. The van der Waals surface area contributed by atoms with E-state index in [0.29, 0.717) is 0 Å². The zero-order valence-corrected chi connectivity index (χ0v) is 17.5. The van der Waals surface area contributed by atoms with Crippen LogP contribution in [0.15, 0.2) is 42.5 Å². The van der Waals surface area contributed by atoms with Crippen LogP contribution < -0.4 is 15.8 Å². The average Bonchev–Trinajstić information content (AvgIpc) is 2.70. The quantitative estimate of drug-likeness (QED) is 0.450. The third-order valence-corrected chi connectivity index (χ3v) is 4.31. The summed E-state index contributed by atoms with van der Waals surface area (Å²) in [6, 6.07) is 8.79. The highest BCUT2D eigenvalue weighted by Crippen LogP contribution is 2.25. The number of nitrogens with two attached hydrogens (primary N) is 1. The summed E-state index contributed by atoms with van der Waals surface area (Å²) in [6.07, 6.45) is -1.74. The van der Waals surface area contributed by atoms with Crippen molar-refractivity contribution in [3.05, 3.63) is 59.2 Å². The predicted octanol–water partition coefficient (Wildman–Crippen LogP) is 2.18. The van der Waals surface area contributed by atoms with Crippen molar-refractivity contribution in [1.29, 1.82) is 0 Å². The first-order valence-electron chi connectivity index (χ1n) is 9.33. The Kier molecular flexibility index (Phi) is 6.99. The molecule has 168 valence electrons. The molecule has 0 bridgehead atoms. The molecule has 2 aromatic rings. The molecule has 0 spiro atoms. The van der Waals surface area contributed by atoms with E-state index in [1.165, 1.54) is 24.3 Å². The second-order valence-electron chi connectivity index (χ2n) is 7.87. The van der Waals surface area contributed by atoms with Gasteiger partial charge in [-0.15, -0.1) is 0 Å². The van der Waals surface area contributed by atoms with Crippen molar-refractivity contribution in [2.75, 3.05) is 5.32 Å². The minimum Gasteiger partial charge on any atom is -0.478 e. The number of primary amides is 1. The highest BCUT2D eigenvalue weighted by molar-refractivity contribution is 6.12. The number of Topliss-reactive ketones (excluding diaryl/α,β-unsaturated/α-hetero) is 1. The Bertz CT molecular complexity index is 1070. The third kappa shape index (κ3) is 5.69. The number of rotatable bonds is 8. The summed E-state index contributed by atoms with van der Waals surface area (Å²) in [5.74, 6) is -5.35. The van der Waals surface area contributed by atoms with Crippen LogP contribution in [0.1, 0.15) is 51.8 Å². The first kappa shape index (κ1) is 24.1. The molecule has 2 amide bonds. The maximum absolute atomic E-state index is 13.0. The summed E-state index contributed by atoms with van der Waals surface area (Å²) in [4.78, 5) is 60.2. The van der Waals surface area contributed by atoms with E-state index in [0.717, 1.165) is 18.2 Å². The summed E-state index contributed by atoms with van der Waals surface area (Å²) >= 11 is 0. The molecule has 10 nitrogen and oxygen atoms in total. The topological polar surface area (TPSA) is 173 Å². The summed E-state index contributed by atoms with van der Waals surface area (Å²) in [5, 5.41) is 20.7. The van der Waals surface area contributed by atoms with Crippen LogP contribution in [0.25, 0.3) is 0 Å². The Morgan fingerprint density at radius 2 is 1.47 bits per heavy atom. The molecule has 2 rings (SSSR count). The van der Waals surface area contributed by atoms with Gasteiger partial charge in [0.1, 0.15) is 5.75 Å². The van der Waals surface area contributed by atoms with Gasteiger partial charge in [-0.3, -0.25) is 14.4 Å². The fourth-order valence-corrected chi connectivity index (χ4v) is 2.67. The van der Waals surface area contributed by atoms with E-state index >= 15 is 0 Å². The molecule has 0 aliphatic rings. The minimum absolute atomic E-state index is 0.0481. The van der Waals surface area contributed by atoms with Gasteiger partial charge < -0.3 is 26.0 Å². The predicted molar refractivity (Wildman–Crippen MR) is 113 cm³/mol. The van der Waals surface area contributed by atoms with Crippen molar-refractivity contribution in [2.45, 2.75) is 26.9 Å². The maximum atomic E-state index is 13.0. The van der Waals surface area contributed by atoms with Gasteiger partial charge in [0.2, 0.25) is 6.10 Å². The van der Waals surface area contributed by atoms with Crippen LogP contribution >= 0.6 is 0 Å². The van der Waals surface area contributed by atoms with Crippen LogP contribution in [0.2, 0.25) is 0 Å². The molecular formula is C22H22N2O8. The van der Waals surface area contributed by atoms with Gasteiger partial charge in [-0.2, -0.15) is 0 Å². The lowest BCUT2D eigenvalue weighted by Gasteiger charge is -2.25. The lowest BCUT2D eigenvalue weighted by Crippen LogP contribution is -2.45. The number of carbonyl (C=O) groups excluding carboxylic acids is 3. The lowest BCUT2D eigenvalue weighted by molar-refractivity contribution is -0.140. The molecule has 32 heavy (non-hydrogen) atoms. The monoisotopic (exact) mass is 442 g/mol. The number of carboxylic acid groups (broad SMARTS) is 2. The lowest BCUT2D eigenvalue weighted by atomic mass is 9.87. The van der Waals surface area contributed by atoms with Crippen LogP contribution in [0.4, 0.5) is 5.69 Å². The summed E-state index contributed by atoms with van der Waals surface area (Å²) < 4.78 is 5.59. The van der Waals surface area contributed by atoms with E-state index in [9.17, 15) is 34.2 Å².